The molecule has 0 aliphatic carbocycles. The maximum absolute atomic E-state index is 13.1. The predicted octanol–water partition coefficient (Wildman–Crippen LogP) is 3.77. The fourth-order valence-electron chi connectivity index (χ4n) is 4.68. The molecule has 2 aromatic rings. The Balaban J connectivity index is 1.44. The molecule has 2 aliphatic rings. The van der Waals surface area contributed by atoms with Crippen LogP contribution in [0.1, 0.15) is 42.7 Å². The van der Waals surface area contributed by atoms with Crippen LogP contribution in [-0.4, -0.2) is 54.4 Å². The van der Waals surface area contributed by atoms with Gasteiger partial charge in [0.05, 0.1) is 6.42 Å². The largest absolute Gasteiger partial charge is 0.487 e. The Hall–Kier alpha value is -2.89. The second-order valence-electron chi connectivity index (χ2n) is 8.90. The summed E-state index contributed by atoms with van der Waals surface area (Å²) in [5, 5.41) is 0. The molecule has 2 aliphatic heterocycles. The topological polar surface area (TPSA) is 49.9 Å². The molecular weight excluding hydrogens is 395 g/mol. The van der Waals surface area contributed by atoms with Crippen molar-refractivity contribution in [3.8, 4) is 5.75 Å². The number of para-hydroxylation sites is 1. The lowest BCUT2D eigenvalue weighted by Crippen LogP contribution is -2.52. The number of benzene rings is 2. The maximum Gasteiger partial charge on any atom is 0.226 e. The van der Waals surface area contributed by atoms with Crippen molar-refractivity contribution in [3.05, 3.63) is 65.5 Å². The van der Waals surface area contributed by atoms with Gasteiger partial charge in [-0.1, -0.05) is 30.3 Å². The summed E-state index contributed by atoms with van der Waals surface area (Å²) in [6, 6.07) is 14.1. The van der Waals surface area contributed by atoms with Crippen LogP contribution in [0.3, 0.4) is 0 Å². The van der Waals surface area contributed by atoms with E-state index in [0.717, 1.165) is 36.1 Å². The summed E-state index contributed by atoms with van der Waals surface area (Å²) in [4.78, 5) is 28.7. The van der Waals surface area contributed by atoms with Gasteiger partial charge >= 0.3 is 0 Å². The number of hydrogen-bond acceptors (Lipinski definition) is 3. The highest BCUT2D eigenvalue weighted by molar-refractivity contribution is 5.79. The van der Waals surface area contributed by atoms with Gasteiger partial charge in [0.1, 0.15) is 17.2 Å². The first-order valence-electron chi connectivity index (χ1n) is 10.9. The summed E-state index contributed by atoms with van der Waals surface area (Å²) in [5.41, 5.74) is 1.56. The minimum atomic E-state index is -0.349. The van der Waals surface area contributed by atoms with Gasteiger partial charge in [0.2, 0.25) is 11.8 Å². The van der Waals surface area contributed by atoms with E-state index in [9.17, 15) is 14.0 Å². The standard InChI is InChI=1S/C25H29FN2O3/c1-27(2)23(29)16-19-17-25(31-22-6-4-3-5-21(19)22)11-13-28(14-12-25)24(30)15-18-7-9-20(26)10-8-18/h3-10,19H,11-17H2,1-2H3. The third-order valence-electron chi connectivity index (χ3n) is 6.52. The number of carbonyl (C=O) groups excluding carboxylic acids is 2. The molecule has 0 saturated carbocycles. The molecule has 2 aromatic carbocycles. The van der Waals surface area contributed by atoms with Crippen molar-refractivity contribution in [1.82, 2.24) is 9.80 Å². The molecule has 6 heteroatoms. The number of carbonyl (C=O) groups is 2. The lowest BCUT2D eigenvalue weighted by Gasteiger charge is -2.47. The molecule has 2 heterocycles. The van der Waals surface area contributed by atoms with E-state index in [1.807, 2.05) is 23.1 Å². The van der Waals surface area contributed by atoms with E-state index in [1.165, 1.54) is 12.1 Å². The Kier molecular flexibility index (Phi) is 5.99. The number of amides is 2. The Morgan fingerprint density at radius 2 is 1.77 bits per heavy atom. The van der Waals surface area contributed by atoms with Gasteiger partial charge in [-0.15, -0.1) is 0 Å². The van der Waals surface area contributed by atoms with E-state index >= 15 is 0 Å². The van der Waals surface area contributed by atoms with Crippen molar-refractivity contribution in [1.29, 1.82) is 0 Å². The molecule has 1 saturated heterocycles. The van der Waals surface area contributed by atoms with E-state index in [4.69, 9.17) is 4.74 Å². The van der Waals surface area contributed by atoms with E-state index in [-0.39, 0.29) is 35.6 Å². The minimum Gasteiger partial charge on any atom is -0.487 e. The van der Waals surface area contributed by atoms with Crippen molar-refractivity contribution in [2.45, 2.75) is 43.6 Å². The van der Waals surface area contributed by atoms with Gasteiger partial charge in [-0.05, 0) is 35.7 Å². The van der Waals surface area contributed by atoms with Crippen LogP contribution in [0.2, 0.25) is 0 Å². The fraction of sp³-hybridized carbons (Fsp3) is 0.440. The Bertz CT molecular complexity index is 949. The normalized spacial score (nSPS) is 19.5. The lowest BCUT2D eigenvalue weighted by atomic mass is 9.76. The van der Waals surface area contributed by atoms with E-state index in [2.05, 4.69) is 6.07 Å². The highest BCUT2D eigenvalue weighted by Gasteiger charge is 2.44. The minimum absolute atomic E-state index is 0.0528. The monoisotopic (exact) mass is 424 g/mol. The number of likely N-dealkylation sites (tertiary alicyclic amines) is 1. The highest BCUT2D eigenvalue weighted by Crippen LogP contribution is 2.46. The number of rotatable bonds is 4. The van der Waals surface area contributed by atoms with Crippen molar-refractivity contribution in [3.63, 3.8) is 0 Å². The third kappa shape index (κ3) is 4.73. The van der Waals surface area contributed by atoms with Crippen LogP contribution < -0.4 is 4.74 Å². The van der Waals surface area contributed by atoms with Crippen LogP contribution >= 0.6 is 0 Å². The van der Waals surface area contributed by atoms with Crippen molar-refractivity contribution < 1.29 is 18.7 Å². The quantitative estimate of drug-likeness (QED) is 0.751. The van der Waals surface area contributed by atoms with Crippen LogP contribution in [-0.2, 0) is 16.0 Å². The number of fused-ring (bicyclic) bond motifs is 1. The molecule has 164 valence electrons. The summed E-state index contributed by atoms with van der Waals surface area (Å²) in [7, 11) is 3.57. The SMILES string of the molecule is CN(C)C(=O)CC1CC2(CCN(C(=O)Cc3ccc(F)cc3)CC2)Oc2ccccc21. The lowest BCUT2D eigenvalue weighted by molar-refractivity contribution is -0.134. The summed E-state index contributed by atoms with van der Waals surface area (Å²) in [5.74, 6) is 0.839. The van der Waals surface area contributed by atoms with Crippen LogP contribution in [0.15, 0.2) is 48.5 Å². The molecule has 1 atom stereocenters. The molecule has 0 N–H and O–H groups in total. The molecule has 31 heavy (non-hydrogen) atoms. The molecule has 0 bridgehead atoms. The molecule has 0 aromatic heterocycles. The average Bonchev–Trinajstić information content (AvgIpc) is 2.75. The zero-order chi connectivity index (χ0) is 22.0. The second-order valence-corrected chi connectivity index (χ2v) is 8.90. The van der Waals surface area contributed by atoms with E-state index < -0.39 is 0 Å². The van der Waals surface area contributed by atoms with Crippen molar-refractivity contribution in [2.75, 3.05) is 27.2 Å². The molecule has 0 radical (unpaired) electrons. The van der Waals surface area contributed by atoms with Crippen LogP contribution in [0.5, 0.6) is 5.75 Å². The third-order valence-corrected chi connectivity index (χ3v) is 6.52. The summed E-state index contributed by atoms with van der Waals surface area (Å²) in [6.45, 7) is 1.24. The number of hydrogen-bond donors (Lipinski definition) is 0. The second kappa shape index (κ2) is 8.69. The van der Waals surface area contributed by atoms with E-state index in [0.29, 0.717) is 19.5 Å². The molecular formula is C25H29FN2O3. The average molecular weight is 425 g/mol. The van der Waals surface area contributed by atoms with Gasteiger partial charge in [-0.25, -0.2) is 4.39 Å². The van der Waals surface area contributed by atoms with Crippen LogP contribution in [0.4, 0.5) is 4.39 Å². The summed E-state index contributed by atoms with van der Waals surface area (Å²) < 4.78 is 19.6. The zero-order valence-electron chi connectivity index (χ0n) is 18.1. The van der Waals surface area contributed by atoms with Crippen LogP contribution in [0.25, 0.3) is 0 Å². The number of ether oxygens (including phenoxy) is 1. The van der Waals surface area contributed by atoms with Crippen molar-refractivity contribution in [2.24, 2.45) is 0 Å². The Morgan fingerprint density at radius 1 is 1.10 bits per heavy atom. The number of nitrogens with zero attached hydrogens (tertiary/aromatic N) is 2. The van der Waals surface area contributed by atoms with Gasteiger partial charge in [-0.2, -0.15) is 0 Å². The zero-order valence-corrected chi connectivity index (χ0v) is 18.1. The molecule has 1 fully saturated rings. The smallest absolute Gasteiger partial charge is 0.226 e. The molecule has 1 unspecified atom stereocenters. The number of halogens is 1. The van der Waals surface area contributed by atoms with Crippen molar-refractivity contribution >= 4 is 11.8 Å². The van der Waals surface area contributed by atoms with Gasteiger partial charge < -0.3 is 14.5 Å². The Labute approximate surface area is 182 Å². The first kappa shape index (κ1) is 21.3. The summed E-state index contributed by atoms with van der Waals surface area (Å²) >= 11 is 0. The van der Waals surface area contributed by atoms with Crippen LogP contribution in [0, 0.1) is 5.82 Å². The first-order valence-corrected chi connectivity index (χ1v) is 10.9. The van der Waals surface area contributed by atoms with E-state index in [1.54, 1.807) is 31.1 Å². The Morgan fingerprint density at radius 3 is 2.45 bits per heavy atom. The van der Waals surface area contributed by atoms with Gasteiger partial charge in [-0.3, -0.25) is 9.59 Å². The van der Waals surface area contributed by atoms with Gasteiger partial charge in [0.15, 0.2) is 0 Å². The van der Waals surface area contributed by atoms with Gasteiger partial charge in [0, 0.05) is 52.4 Å². The fourth-order valence-corrected chi connectivity index (χ4v) is 4.68. The first-order chi connectivity index (χ1) is 14.8. The highest BCUT2D eigenvalue weighted by atomic mass is 19.1. The molecule has 2 amide bonds. The number of piperidine rings is 1. The molecule has 5 nitrogen and oxygen atoms in total. The summed E-state index contributed by atoms with van der Waals surface area (Å²) in [6.07, 6.45) is 3.00. The predicted molar refractivity (Wildman–Crippen MR) is 116 cm³/mol. The molecule has 1 spiro atoms. The molecule has 4 rings (SSSR count). The van der Waals surface area contributed by atoms with Gasteiger partial charge in [0.25, 0.3) is 0 Å². The maximum atomic E-state index is 13.1.